The SMILES string of the molecule is CCOC(=O)CN1CCN(C(=O)OC(C)(C)C)[C@@H](Cc2ccccc2)C1=O. The van der Waals surface area contributed by atoms with Gasteiger partial charge in [0.1, 0.15) is 18.2 Å². The zero-order valence-electron chi connectivity index (χ0n) is 16.4. The maximum absolute atomic E-state index is 13.0. The summed E-state index contributed by atoms with van der Waals surface area (Å²) in [6, 6.07) is 8.76. The van der Waals surface area contributed by atoms with E-state index in [2.05, 4.69) is 0 Å². The number of amides is 2. The molecule has 0 aromatic heterocycles. The Kier molecular flexibility index (Phi) is 6.82. The average Bonchev–Trinajstić information content (AvgIpc) is 2.58. The molecule has 0 bridgehead atoms. The molecule has 1 aliphatic rings. The summed E-state index contributed by atoms with van der Waals surface area (Å²) < 4.78 is 10.4. The van der Waals surface area contributed by atoms with E-state index >= 15 is 0 Å². The minimum atomic E-state index is -0.717. The molecule has 148 valence electrons. The Morgan fingerprint density at radius 2 is 1.81 bits per heavy atom. The average molecular weight is 376 g/mol. The molecule has 1 atom stereocenters. The summed E-state index contributed by atoms with van der Waals surface area (Å²) in [5.41, 5.74) is 0.279. The third-order valence-corrected chi connectivity index (χ3v) is 4.11. The highest BCUT2D eigenvalue weighted by molar-refractivity contribution is 5.89. The van der Waals surface area contributed by atoms with E-state index in [1.807, 2.05) is 30.3 Å². The Morgan fingerprint density at radius 3 is 2.41 bits per heavy atom. The number of piperazine rings is 1. The second-order valence-electron chi connectivity index (χ2n) is 7.44. The van der Waals surface area contributed by atoms with Crippen molar-refractivity contribution in [3.8, 4) is 0 Å². The number of hydrogen-bond acceptors (Lipinski definition) is 5. The van der Waals surface area contributed by atoms with E-state index in [4.69, 9.17) is 9.47 Å². The molecule has 1 fully saturated rings. The summed E-state index contributed by atoms with van der Waals surface area (Å²) in [6.45, 7) is 7.80. The van der Waals surface area contributed by atoms with Crippen LogP contribution in [-0.4, -0.2) is 65.7 Å². The van der Waals surface area contributed by atoms with E-state index in [1.165, 1.54) is 9.80 Å². The Morgan fingerprint density at radius 1 is 1.15 bits per heavy atom. The Labute approximate surface area is 160 Å². The number of benzene rings is 1. The maximum atomic E-state index is 13.0. The number of esters is 1. The molecule has 0 radical (unpaired) electrons. The van der Waals surface area contributed by atoms with Gasteiger partial charge >= 0.3 is 12.1 Å². The molecule has 1 aliphatic heterocycles. The van der Waals surface area contributed by atoms with Crippen LogP contribution >= 0.6 is 0 Å². The summed E-state index contributed by atoms with van der Waals surface area (Å²) in [6.07, 6.45) is -0.161. The minimum Gasteiger partial charge on any atom is -0.465 e. The molecule has 1 aromatic rings. The topological polar surface area (TPSA) is 76.2 Å². The van der Waals surface area contributed by atoms with E-state index in [0.717, 1.165) is 5.56 Å². The second-order valence-corrected chi connectivity index (χ2v) is 7.44. The summed E-state index contributed by atoms with van der Waals surface area (Å²) >= 11 is 0. The first-order chi connectivity index (χ1) is 12.7. The first-order valence-electron chi connectivity index (χ1n) is 9.19. The van der Waals surface area contributed by atoms with Gasteiger partial charge in [0, 0.05) is 19.5 Å². The lowest BCUT2D eigenvalue weighted by atomic mass is 10.0. The summed E-state index contributed by atoms with van der Waals surface area (Å²) in [5, 5.41) is 0. The first-order valence-corrected chi connectivity index (χ1v) is 9.19. The predicted octanol–water partition coefficient (Wildman–Crippen LogP) is 2.24. The molecule has 1 aromatic carbocycles. The molecule has 0 aliphatic carbocycles. The van der Waals surface area contributed by atoms with Crippen LogP contribution in [0.4, 0.5) is 4.79 Å². The van der Waals surface area contributed by atoms with Gasteiger partial charge in [-0.25, -0.2) is 4.79 Å². The number of ether oxygens (including phenoxy) is 2. The van der Waals surface area contributed by atoms with Crippen molar-refractivity contribution >= 4 is 18.0 Å². The number of hydrogen-bond donors (Lipinski definition) is 0. The van der Waals surface area contributed by atoms with Crippen LogP contribution in [0, 0.1) is 0 Å². The lowest BCUT2D eigenvalue weighted by Crippen LogP contribution is -2.60. The van der Waals surface area contributed by atoms with E-state index in [9.17, 15) is 14.4 Å². The van der Waals surface area contributed by atoms with Gasteiger partial charge in [0.2, 0.25) is 5.91 Å². The van der Waals surface area contributed by atoms with E-state index in [1.54, 1.807) is 27.7 Å². The van der Waals surface area contributed by atoms with Gasteiger partial charge < -0.3 is 14.4 Å². The fraction of sp³-hybridized carbons (Fsp3) is 0.550. The quantitative estimate of drug-likeness (QED) is 0.737. The molecule has 7 nitrogen and oxygen atoms in total. The smallest absolute Gasteiger partial charge is 0.411 e. The van der Waals surface area contributed by atoms with Crippen LogP contribution in [0.5, 0.6) is 0 Å². The van der Waals surface area contributed by atoms with Gasteiger partial charge in [0.25, 0.3) is 0 Å². The molecule has 27 heavy (non-hydrogen) atoms. The highest BCUT2D eigenvalue weighted by Crippen LogP contribution is 2.20. The third-order valence-electron chi connectivity index (χ3n) is 4.11. The monoisotopic (exact) mass is 376 g/mol. The van der Waals surface area contributed by atoms with Crippen molar-refractivity contribution in [2.45, 2.75) is 45.8 Å². The zero-order valence-corrected chi connectivity index (χ0v) is 16.4. The van der Waals surface area contributed by atoms with Gasteiger partial charge in [-0.05, 0) is 33.3 Å². The first kappa shape index (κ1) is 20.7. The van der Waals surface area contributed by atoms with Crippen molar-refractivity contribution in [3.63, 3.8) is 0 Å². The molecule has 0 N–H and O–H groups in total. The zero-order chi connectivity index (χ0) is 20.0. The molecule has 7 heteroatoms. The van der Waals surface area contributed by atoms with Crippen LogP contribution in [0.25, 0.3) is 0 Å². The fourth-order valence-corrected chi connectivity index (χ4v) is 2.93. The van der Waals surface area contributed by atoms with Gasteiger partial charge in [-0.2, -0.15) is 0 Å². The molecule has 2 amide bonds. The summed E-state index contributed by atoms with van der Waals surface area (Å²) in [5.74, 6) is -0.723. The molecule has 0 unspecified atom stereocenters. The fourth-order valence-electron chi connectivity index (χ4n) is 2.93. The standard InChI is InChI=1S/C20H28N2O5/c1-5-26-17(23)14-21-11-12-22(19(25)27-20(2,3)4)16(18(21)24)13-15-9-7-6-8-10-15/h6-10,16H,5,11-14H2,1-4H3/t16-/m0/s1. The largest absolute Gasteiger partial charge is 0.465 e. The number of nitrogens with zero attached hydrogens (tertiary/aromatic N) is 2. The molecule has 0 saturated carbocycles. The maximum Gasteiger partial charge on any atom is 0.411 e. The Hall–Kier alpha value is -2.57. The van der Waals surface area contributed by atoms with Gasteiger partial charge in [-0.3, -0.25) is 14.5 Å². The Bertz CT molecular complexity index is 669. The van der Waals surface area contributed by atoms with E-state index < -0.39 is 23.7 Å². The van der Waals surface area contributed by atoms with Crippen LogP contribution in [0.15, 0.2) is 30.3 Å². The van der Waals surface area contributed by atoms with Crippen LogP contribution in [0.1, 0.15) is 33.3 Å². The van der Waals surface area contributed by atoms with Crippen molar-refractivity contribution in [1.82, 2.24) is 9.80 Å². The minimum absolute atomic E-state index is 0.111. The van der Waals surface area contributed by atoms with Crippen LogP contribution in [0.3, 0.4) is 0 Å². The lowest BCUT2D eigenvalue weighted by Gasteiger charge is -2.40. The molecule has 0 spiro atoms. The molecular weight excluding hydrogens is 348 g/mol. The Balaban J connectivity index is 2.20. The van der Waals surface area contributed by atoms with Gasteiger partial charge in [-0.15, -0.1) is 0 Å². The second kappa shape index (κ2) is 8.88. The summed E-state index contributed by atoms with van der Waals surface area (Å²) in [7, 11) is 0. The normalized spacial score (nSPS) is 17.6. The van der Waals surface area contributed by atoms with Crippen LogP contribution < -0.4 is 0 Å². The van der Waals surface area contributed by atoms with E-state index in [-0.39, 0.29) is 25.6 Å². The van der Waals surface area contributed by atoms with Gasteiger partial charge in [0.05, 0.1) is 6.61 Å². The van der Waals surface area contributed by atoms with Crippen LogP contribution in [-0.2, 0) is 25.5 Å². The third kappa shape index (κ3) is 5.98. The molecular formula is C20H28N2O5. The summed E-state index contributed by atoms with van der Waals surface area (Å²) in [4.78, 5) is 40.4. The van der Waals surface area contributed by atoms with Crippen molar-refractivity contribution in [2.24, 2.45) is 0 Å². The number of carbonyl (C=O) groups excluding carboxylic acids is 3. The highest BCUT2D eigenvalue weighted by atomic mass is 16.6. The number of rotatable bonds is 5. The van der Waals surface area contributed by atoms with Gasteiger partial charge in [-0.1, -0.05) is 30.3 Å². The van der Waals surface area contributed by atoms with Gasteiger partial charge in [0.15, 0.2) is 0 Å². The van der Waals surface area contributed by atoms with E-state index in [0.29, 0.717) is 13.0 Å². The van der Waals surface area contributed by atoms with Crippen molar-refractivity contribution < 1.29 is 23.9 Å². The van der Waals surface area contributed by atoms with Crippen molar-refractivity contribution in [1.29, 1.82) is 0 Å². The molecule has 1 saturated heterocycles. The highest BCUT2D eigenvalue weighted by Gasteiger charge is 2.40. The lowest BCUT2D eigenvalue weighted by molar-refractivity contribution is -0.153. The molecule has 1 heterocycles. The van der Waals surface area contributed by atoms with Crippen LogP contribution in [0.2, 0.25) is 0 Å². The predicted molar refractivity (Wildman–Crippen MR) is 100 cm³/mol. The molecule has 2 rings (SSSR count). The van der Waals surface area contributed by atoms with Crippen molar-refractivity contribution in [3.05, 3.63) is 35.9 Å². The number of carbonyl (C=O) groups is 3. The van der Waals surface area contributed by atoms with Crippen molar-refractivity contribution in [2.75, 3.05) is 26.2 Å².